The summed E-state index contributed by atoms with van der Waals surface area (Å²) in [6.07, 6.45) is -1.27. The largest absolute Gasteiger partial charge is 0.393 e. The Bertz CT molecular complexity index is 235. The summed E-state index contributed by atoms with van der Waals surface area (Å²) in [5.74, 6) is -0.370. The van der Waals surface area contributed by atoms with Gasteiger partial charge in [0.05, 0.1) is 6.61 Å². The van der Waals surface area contributed by atoms with E-state index in [4.69, 9.17) is 5.11 Å². The highest BCUT2D eigenvalue weighted by atomic mass is 16.3. The van der Waals surface area contributed by atoms with Crippen LogP contribution in [0.25, 0.3) is 0 Å². The minimum Gasteiger partial charge on any atom is -0.393 e. The highest BCUT2D eigenvalue weighted by Crippen LogP contribution is 2.16. The first-order chi connectivity index (χ1) is 6.99. The molecule has 0 aliphatic carbocycles. The molecule has 1 heterocycles. The first-order valence-corrected chi connectivity index (χ1v) is 5.28. The molecule has 5 nitrogen and oxygen atoms in total. The number of carbonyl (C=O) groups excluding carboxylic acids is 1. The van der Waals surface area contributed by atoms with Crippen molar-refractivity contribution in [3.05, 3.63) is 0 Å². The molecule has 88 valence electrons. The Labute approximate surface area is 90.3 Å². The molecule has 0 aromatic rings. The Morgan fingerprint density at radius 3 is 2.53 bits per heavy atom. The monoisotopic (exact) mass is 216 g/mol. The number of likely N-dealkylation sites (N-methyl/N-ethyl adjacent to an activating group) is 1. The Balaban J connectivity index is 2.67. The number of rotatable bonds is 2. The summed E-state index contributed by atoms with van der Waals surface area (Å²) in [5.41, 5.74) is 0. The summed E-state index contributed by atoms with van der Waals surface area (Å²) in [5, 5.41) is 18.0. The fourth-order valence-corrected chi connectivity index (χ4v) is 1.88. The molecule has 15 heavy (non-hydrogen) atoms. The zero-order chi connectivity index (χ0) is 11.6. The van der Waals surface area contributed by atoms with Gasteiger partial charge >= 0.3 is 0 Å². The zero-order valence-electron chi connectivity index (χ0n) is 9.55. The van der Waals surface area contributed by atoms with Crippen molar-refractivity contribution >= 4 is 5.91 Å². The molecule has 3 atom stereocenters. The van der Waals surface area contributed by atoms with Gasteiger partial charge < -0.3 is 15.1 Å². The normalized spacial score (nSPS) is 30.3. The Kier molecular flexibility index (Phi) is 4.07. The highest BCUT2D eigenvalue weighted by molar-refractivity contribution is 5.81. The third-order valence-electron chi connectivity index (χ3n) is 3.32. The van der Waals surface area contributed by atoms with E-state index in [1.54, 1.807) is 4.90 Å². The molecule has 1 aliphatic rings. The lowest BCUT2D eigenvalue weighted by atomic mass is 10.0. The summed E-state index contributed by atoms with van der Waals surface area (Å²) in [7, 11) is 2.02. The molecular weight excluding hydrogens is 196 g/mol. The van der Waals surface area contributed by atoms with Crippen molar-refractivity contribution in [2.45, 2.75) is 32.0 Å². The number of aliphatic hydroxyl groups is 2. The van der Waals surface area contributed by atoms with Crippen LogP contribution in [0.15, 0.2) is 0 Å². The van der Waals surface area contributed by atoms with E-state index in [9.17, 15) is 9.90 Å². The van der Waals surface area contributed by atoms with Crippen LogP contribution >= 0.6 is 0 Å². The van der Waals surface area contributed by atoms with Gasteiger partial charge in [0.1, 0.15) is 0 Å². The van der Waals surface area contributed by atoms with Gasteiger partial charge in [0.15, 0.2) is 6.10 Å². The Hall–Kier alpha value is -0.650. The summed E-state index contributed by atoms with van der Waals surface area (Å²) >= 11 is 0. The number of hydrogen-bond donors (Lipinski definition) is 2. The van der Waals surface area contributed by atoms with Gasteiger partial charge in [0.2, 0.25) is 0 Å². The lowest BCUT2D eigenvalue weighted by Gasteiger charge is -2.43. The van der Waals surface area contributed by atoms with Gasteiger partial charge in [-0.15, -0.1) is 0 Å². The van der Waals surface area contributed by atoms with E-state index in [0.29, 0.717) is 6.54 Å². The molecule has 1 saturated heterocycles. The SMILES string of the molecule is CC1C(C)N(C(=O)C(O)CO)CCN1C. The summed E-state index contributed by atoms with van der Waals surface area (Å²) in [4.78, 5) is 15.5. The molecule has 0 bridgehead atoms. The van der Waals surface area contributed by atoms with Gasteiger partial charge in [0, 0.05) is 25.2 Å². The first-order valence-electron chi connectivity index (χ1n) is 5.28. The average Bonchev–Trinajstić information content (AvgIpc) is 2.24. The van der Waals surface area contributed by atoms with E-state index < -0.39 is 12.7 Å². The fourth-order valence-electron chi connectivity index (χ4n) is 1.88. The number of amides is 1. The van der Waals surface area contributed by atoms with Crippen LogP contribution in [0.1, 0.15) is 13.8 Å². The molecule has 0 aromatic carbocycles. The number of carbonyl (C=O) groups is 1. The minimum atomic E-state index is -1.27. The molecule has 1 rings (SSSR count). The van der Waals surface area contributed by atoms with Crippen LogP contribution in [0, 0.1) is 0 Å². The van der Waals surface area contributed by atoms with Crippen LogP contribution in [0.4, 0.5) is 0 Å². The van der Waals surface area contributed by atoms with Crippen molar-refractivity contribution in [1.29, 1.82) is 0 Å². The second-order valence-electron chi connectivity index (χ2n) is 4.19. The van der Waals surface area contributed by atoms with Crippen molar-refractivity contribution in [2.24, 2.45) is 0 Å². The average molecular weight is 216 g/mol. The second kappa shape index (κ2) is 4.92. The molecule has 2 N–H and O–H groups in total. The predicted octanol–water partition coefficient (Wildman–Crippen LogP) is -1.11. The molecule has 0 saturated carbocycles. The van der Waals surface area contributed by atoms with E-state index in [-0.39, 0.29) is 18.0 Å². The molecule has 1 fully saturated rings. The molecule has 0 spiro atoms. The maximum atomic E-state index is 11.7. The van der Waals surface area contributed by atoms with E-state index in [2.05, 4.69) is 11.8 Å². The molecule has 5 heteroatoms. The second-order valence-corrected chi connectivity index (χ2v) is 4.19. The Morgan fingerprint density at radius 2 is 2.00 bits per heavy atom. The topological polar surface area (TPSA) is 64.0 Å². The van der Waals surface area contributed by atoms with Crippen molar-refractivity contribution in [3.8, 4) is 0 Å². The predicted molar refractivity (Wildman–Crippen MR) is 56.4 cm³/mol. The van der Waals surface area contributed by atoms with Crippen molar-refractivity contribution in [2.75, 3.05) is 26.7 Å². The van der Waals surface area contributed by atoms with Crippen LogP contribution in [-0.4, -0.2) is 70.9 Å². The van der Waals surface area contributed by atoms with Crippen LogP contribution in [-0.2, 0) is 4.79 Å². The van der Waals surface area contributed by atoms with Crippen molar-refractivity contribution in [1.82, 2.24) is 9.80 Å². The molecule has 1 aliphatic heterocycles. The first kappa shape index (κ1) is 12.4. The summed E-state index contributed by atoms with van der Waals surface area (Å²) < 4.78 is 0. The van der Waals surface area contributed by atoms with Crippen LogP contribution < -0.4 is 0 Å². The molecule has 0 aromatic heterocycles. The van der Waals surface area contributed by atoms with Gasteiger partial charge in [0.25, 0.3) is 5.91 Å². The molecule has 0 radical (unpaired) electrons. The summed E-state index contributed by atoms with van der Waals surface area (Å²) in [6, 6.07) is 0.339. The van der Waals surface area contributed by atoms with Gasteiger partial charge in [-0.2, -0.15) is 0 Å². The lowest BCUT2D eigenvalue weighted by molar-refractivity contribution is -0.148. The number of piperazine rings is 1. The van der Waals surface area contributed by atoms with Crippen LogP contribution in [0.2, 0.25) is 0 Å². The quantitative estimate of drug-likeness (QED) is 0.614. The molecule has 3 unspecified atom stereocenters. The zero-order valence-corrected chi connectivity index (χ0v) is 9.55. The highest BCUT2D eigenvalue weighted by Gasteiger charge is 2.33. The van der Waals surface area contributed by atoms with Gasteiger partial charge in [-0.05, 0) is 20.9 Å². The molecule has 1 amide bonds. The van der Waals surface area contributed by atoms with E-state index in [0.717, 1.165) is 6.54 Å². The van der Waals surface area contributed by atoms with E-state index in [1.165, 1.54) is 0 Å². The summed E-state index contributed by atoms with van der Waals surface area (Å²) in [6.45, 7) is 4.91. The van der Waals surface area contributed by atoms with Gasteiger partial charge in [-0.25, -0.2) is 0 Å². The molecular formula is C10H20N2O3. The third-order valence-corrected chi connectivity index (χ3v) is 3.32. The van der Waals surface area contributed by atoms with E-state index in [1.807, 2.05) is 14.0 Å². The van der Waals surface area contributed by atoms with Crippen molar-refractivity contribution < 1.29 is 15.0 Å². The van der Waals surface area contributed by atoms with Gasteiger partial charge in [-0.1, -0.05) is 0 Å². The van der Waals surface area contributed by atoms with E-state index >= 15 is 0 Å². The standard InChI is InChI=1S/C10H20N2O3/c1-7-8(2)12(5-4-11(7)3)10(15)9(14)6-13/h7-9,13-14H,4-6H2,1-3H3. The Morgan fingerprint density at radius 1 is 1.40 bits per heavy atom. The lowest BCUT2D eigenvalue weighted by Crippen LogP contribution is -2.59. The maximum absolute atomic E-state index is 11.7. The number of nitrogens with zero attached hydrogens (tertiary/aromatic N) is 2. The number of hydrogen-bond acceptors (Lipinski definition) is 4. The van der Waals surface area contributed by atoms with Gasteiger partial charge in [-0.3, -0.25) is 9.69 Å². The minimum absolute atomic E-state index is 0.0671. The van der Waals surface area contributed by atoms with Crippen LogP contribution in [0.5, 0.6) is 0 Å². The number of aliphatic hydroxyl groups excluding tert-OH is 2. The third kappa shape index (κ3) is 2.48. The smallest absolute Gasteiger partial charge is 0.254 e. The van der Waals surface area contributed by atoms with Crippen LogP contribution in [0.3, 0.4) is 0 Å². The maximum Gasteiger partial charge on any atom is 0.254 e. The fraction of sp³-hybridized carbons (Fsp3) is 0.900. The van der Waals surface area contributed by atoms with Crippen molar-refractivity contribution in [3.63, 3.8) is 0 Å².